The molecule has 1 rings (SSSR count). The van der Waals surface area contributed by atoms with Crippen molar-refractivity contribution in [3.05, 3.63) is 34.9 Å². The van der Waals surface area contributed by atoms with Crippen molar-refractivity contribution in [2.24, 2.45) is 5.41 Å². The molecule has 1 aromatic carbocycles. The zero-order chi connectivity index (χ0) is 17.3. The summed E-state index contributed by atoms with van der Waals surface area (Å²) < 4.78 is 0. The van der Waals surface area contributed by atoms with Crippen LogP contribution in [0.5, 0.6) is 0 Å². The zero-order valence-corrected chi connectivity index (χ0v) is 16.5. The fourth-order valence-corrected chi connectivity index (χ4v) is 2.72. The van der Waals surface area contributed by atoms with E-state index in [4.69, 9.17) is 0 Å². The van der Waals surface area contributed by atoms with Crippen molar-refractivity contribution < 1.29 is 0 Å². The molecule has 1 atom stereocenters. The Morgan fingerprint density at radius 1 is 0.773 bits per heavy atom. The Labute approximate surface area is 138 Å². The quantitative estimate of drug-likeness (QED) is 0.724. The second-order valence-corrected chi connectivity index (χ2v) is 9.95. The third-order valence-electron chi connectivity index (χ3n) is 4.25. The number of hydrogen-bond donors (Lipinski definition) is 1. The number of benzene rings is 1. The molecule has 0 aliphatic heterocycles. The van der Waals surface area contributed by atoms with E-state index in [2.05, 4.69) is 92.9 Å². The van der Waals surface area contributed by atoms with Crippen LogP contribution in [-0.2, 0) is 10.8 Å². The summed E-state index contributed by atoms with van der Waals surface area (Å²) in [5.74, 6) is 0. The number of nitrogens with one attached hydrogen (secondary N) is 1. The molecule has 0 saturated heterocycles. The second-order valence-electron chi connectivity index (χ2n) is 9.95. The monoisotopic (exact) mass is 303 g/mol. The number of rotatable bonds is 3. The first-order valence-corrected chi connectivity index (χ1v) is 8.57. The van der Waals surface area contributed by atoms with Crippen LogP contribution in [0.15, 0.2) is 18.2 Å². The Morgan fingerprint density at radius 2 is 1.18 bits per heavy atom. The van der Waals surface area contributed by atoms with E-state index in [0.29, 0.717) is 11.5 Å². The van der Waals surface area contributed by atoms with Gasteiger partial charge in [0.1, 0.15) is 0 Å². The Bertz CT molecular complexity index is 460. The minimum atomic E-state index is 0.177. The van der Waals surface area contributed by atoms with Gasteiger partial charge in [0.25, 0.3) is 0 Å². The topological polar surface area (TPSA) is 12.0 Å². The van der Waals surface area contributed by atoms with Crippen molar-refractivity contribution in [1.29, 1.82) is 0 Å². The molecule has 0 heterocycles. The van der Waals surface area contributed by atoms with Gasteiger partial charge in [-0.25, -0.2) is 0 Å². The van der Waals surface area contributed by atoms with Gasteiger partial charge in [0.05, 0.1) is 0 Å². The Hall–Kier alpha value is -0.820. The first kappa shape index (κ1) is 19.2. The summed E-state index contributed by atoms with van der Waals surface area (Å²) >= 11 is 0. The van der Waals surface area contributed by atoms with E-state index in [1.54, 1.807) is 0 Å². The first-order valence-electron chi connectivity index (χ1n) is 8.57. The molecule has 1 unspecified atom stereocenters. The lowest BCUT2D eigenvalue weighted by molar-refractivity contribution is 0.320. The molecule has 0 aromatic heterocycles. The molecule has 0 aliphatic carbocycles. The van der Waals surface area contributed by atoms with Crippen LogP contribution < -0.4 is 5.32 Å². The maximum atomic E-state index is 3.53. The van der Waals surface area contributed by atoms with Crippen molar-refractivity contribution in [3.63, 3.8) is 0 Å². The molecule has 1 aromatic rings. The molecule has 1 nitrogen and oxygen atoms in total. The molecule has 126 valence electrons. The SMILES string of the molecule is CNC(CC(C)(C)C)c1cc(C(C)(C)C)cc(C(C)(C)C)c1. The normalized spacial score (nSPS) is 15.0. The summed E-state index contributed by atoms with van der Waals surface area (Å²) in [7, 11) is 2.08. The fourth-order valence-electron chi connectivity index (χ4n) is 2.72. The van der Waals surface area contributed by atoms with Gasteiger partial charge >= 0.3 is 0 Å². The fraction of sp³-hybridized carbons (Fsp3) is 0.714. The van der Waals surface area contributed by atoms with Crippen molar-refractivity contribution in [2.75, 3.05) is 7.05 Å². The van der Waals surface area contributed by atoms with Gasteiger partial charge in [-0.1, -0.05) is 80.5 Å². The summed E-state index contributed by atoms with van der Waals surface area (Å²) in [5, 5.41) is 3.53. The lowest BCUT2D eigenvalue weighted by atomic mass is 9.77. The molecule has 22 heavy (non-hydrogen) atoms. The van der Waals surface area contributed by atoms with E-state index in [-0.39, 0.29) is 10.8 Å². The van der Waals surface area contributed by atoms with Crippen molar-refractivity contribution in [3.8, 4) is 0 Å². The van der Waals surface area contributed by atoms with Crippen molar-refractivity contribution in [1.82, 2.24) is 5.32 Å². The van der Waals surface area contributed by atoms with Crippen LogP contribution in [-0.4, -0.2) is 7.05 Å². The van der Waals surface area contributed by atoms with E-state index < -0.39 is 0 Å². The highest BCUT2D eigenvalue weighted by atomic mass is 14.9. The van der Waals surface area contributed by atoms with Crippen LogP contribution in [0.4, 0.5) is 0 Å². The van der Waals surface area contributed by atoms with E-state index in [1.165, 1.54) is 16.7 Å². The van der Waals surface area contributed by atoms with Gasteiger partial charge in [0.2, 0.25) is 0 Å². The van der Waals surface area contributed by atoms with Crippen LogP contribution in [0.1, 0.15) is 91.5 Å². The highest BCUT2D eigenvalue weighted by Crippen LogP contribution is 2.35. The number of hydrogen-bond acceptors (Lipinski definition) is 1. The van der Waals surface area contributed by atoms with Gasteiger partial charge < -0.3 is 5.32 Å². The largest absolute Gasteiger partial charge is 0.313 e. The predicted octanol–water partition coefficient (Wildman–Crippen LogP) is 5.98. The van der Waals surface area contributed by atoms with Gasteiger partial charge in [-0.15, -0.1) is 0 Å². The summed E-state index contributed by atoms with van der Waals surface area (Å²) in [6, 6.07) is 7.61. The minimum Gasteiger partial charge on any atom is -0.313 e. The van der Waals surface area contributed by atoms with Crippen molar-refractivity contribution >= 4 is 0 Å². The van der Waals surface area contributed by atoms with Crippen LogP contribution in [0.2, 0.25) is 0 Å². The molecule has 0 bridgehead atoms. The smallest absolute Gasteiger partial charge is 0.0322 e. The van der Waals surface area contributed by atoms with E-state index in [0.717, 1.165) is 6.42 Å². The van der Waals surface area contributed by atoms with E-state index in [9.17, 15) is 0 Å². The zero-order valence-electron chi connectivity index (χ0n) is 16.5. The molecular formula is C21H37N. The van der Waals surface area contributed by atoms with Crippen LogP contribution >= 0.6 is 0 Å². The van der Waals surface area contributed by atoms with Gasteiger partial charge in [-0.3, -0.25) is 0 Å². The average molecular weight is 304 g/mol. The Kier molecular flexibility index (Phi) is 5.55. The Morgan fingerprint density at radius 3 is 1.45 bits per heavy atom. The predicted molar refractivity (Wildman–Crippen MR) is 99.7 cm³/mol. The lowest BCUT2D eigenvalue weighted by Gasteiger charge is -2.30. The molecule has 0 aliphatic rings. The molecule has 0 saturated carbocycles. The third kappa shape index (κ3) is 5.43. The standard InChI is InChI=1S/C21H37N/c1-19(2,3)14-18(22-10)15-11-16(20(4,5)6)13-17(12-15)21(7,8)9/h11-13,18,22H,14H2,1-10H3. The van der Waals surface area contributed by atoms with Gasteiger partial charge in [-0.05, 0) is 46.4 Å². The minimum absolute atomic E-state index is 0.177. The van der Waals surface area contributed by atoms with Crippen molar-refractivity contribution in [2.45, 2.75) is 85.6 Å². The van der Waals surface area contributed by atoms with E-state index in [1.807, 2.05) is 0 Å². The highest BCUT2D eigenvalue weighted by molar-refractivity contribution is 5.38. The van der Waals surface area contributed by atoms with Crippen LogP contribution in [0, 0.1) is 5.41 Å². The Balaban J connectivity index is 3.39. The van der Waals surface area contributed by atoms with Gasteiger partial charge in [0, 0.05) is 6.04 Å². The summed E-state index contributed by atoms with van der Waals surface area (Å²) in [5.41, 5.74) is 4.96. The van der Waals surface area contributed by atoms with Crippen LogP contribution in [0.25, 0.3) is 0 Å². The van der Waals surface area contributed by atoms with Crippen LogP contribution in [0.3, 0.4) is 0 Å². The first-order chi connectivity index (χ1) is 9.74. The summed E-state index contributed by atoms with van der Waals surface area (Å²) in [6.45, 7) is 20.8. The van der Waals surface area contributed by atoms with Gasteiger partial charge in [-0.2, -0.15) is 0 Å². The molecule has 0 radical (unpaired) electrons. The third-order valence-corrected chi connectivity index (χ3v) is 4.25. The molecular weight excluding hydrogens is 266 g/mol. The highest BCUT2D eigenvalue weighted by Gasteiger charge is 2.24. The molecule has 0 amide bonds. The maximum absolute atomic E-state index is 3.53. The summed E-state index contributed by atoms with van der Waals surface area (Å²) in [4.78, 5) is 0. The molecule has 0 spiro atoms. The second kappa shape index (κ2) is 6.35. The maximum Gasteiger partial charge on any atom is 0.0322 e. The molecule has 1 N–H and O–H groups in total. The molecule has 0 fully saturated rings. The van der Waals surface area contributed by atoms with Gasteiger partial charge in [0.15, 0.2) is 0 Å². The average Bonchev–Trinajstić information content (AvgIpc) is 2.32. The molecule has 1 heteroatoms. The van der Waals surface area contributed by atoms with E-state index >= 15 is 0 Å². The lowest BCUT2D eigenvalue weighted by Crippen LogP contribution is -2.24. The summed E-state index contributed by atoms with van der Waals surface area (Å²) in [6.07, 6.45) is 1.14.